The molecule has 0 spiro atoms. The molecule has 0 atom stereocenters. The topological polar surface area (TPSA) is 38.8 Å². The van der Waals surface area contributed by atoms with Crippen molar-refractivity contribution < 1.29 is 18.5 Å². The Labute approximate surface area is 137 Å². The van der Waals surface area contributed by atoms with Crippen LogP contribution in [0, 0.1) is 5.82 Å². The lowest BCUT2D eigenvalue weighted by Crippen LogP contribution is -2.41. The molecule has 0 N–H and O–H groups in total. The number of halogens is 1. The predicted molar refractivity (Wildman–Crippen MR) is 87.2 cm³/mol. The van der Waals surface area contributed by atoms with Crippen molar-refractivity contribution in [3.8, 4) is 0 Å². The lowest BCUT2D eigenvalue weighted by molar-refractivity contribution is 0.00578. The molecule has 1 amide bonds. The normalized spacial score (nSPS) is 22.3. The van der Waals surface area contributed by atoms with E-state index in [4.69, 9.17) is 9.31 Å². The highest BCUT2D eigenvalue weighted by Gasteiger charge is 2.52. The van der Waals surface area contributed by atoms with Gasteiger partial charge in [-0.1, -0.05) is 6.07 Å². The van der Waals surface area contributed by atoms with Gasteiger partial charge in [-0.15, -0.1) is 0 Å². The van der Waals surface area contributed by atoms with E-state index in [9.17, 15) is 9.18 Å². The Kier molecular flexibility index (Phi) is 3.80. The minimum Gasteiger partial charge on any atom is -0.399 e. The smallest absolute Gasteiger partial charge is 0.399 e. The van der Waals surface area contributed by atoms with Crippen LogP contribution in [0.5, 0.6) is 0 Å². The number of rotatable bonds is 3. The van der Waals surface area contributed by atoms with E-state index >= 15 is 0 Å². The van der Waals surface area contributed by atoms with Crippen molar-refractivity contribution in [1.82, 2.24) is 4.90 Å². The van der Waals surface area contributed by atoms with E-state index in [1.807, 2.05) is 27.7 Å². The van der Waals surface area contributed by atoms with E-state index in [2.05, 4.69) is 0 Å². The Balaban J connectivity index is 1.95. The maximum atomic E-state index is 13.7. The first kappa shape index (κ1) is 16.5. The van der Waals surface area contributed by atoms with Crippen LogP contribution in [0.3, 0.4) is 0 Å². The highest BCUT2D eigenvalue weighted by Crippen LogP contribution is 2.37. The summed E-state index contributed by atoms with van der Waals surface area (Å²) in [6.07, 6.45) is 2.01. The van der Waals surface area contributed by atoms with Crippen LogP contribution in [-0.2, 0) is 9.31 Å². The third kappa shape index (κ3) is 2.90. The van der Waals surface area contributed by atoms with Gasteiger partial charge in [0.2, 0.25) is 0 Å². The van der Waals surface area contributed by atoms with Crippen LogP contribution in [0.2, 0.25) is 0 Å². The maximum absolute atomic E-state index is 13.7. The van der Waals surface area contributed by atoms with Crippen LogP contribution in [0.15, 0.2) is 18.2 Å². The third-order valence-corrected chi connectivity index (χ3v) is 5.17. The largest absolute Gasteiger partial charge is 0.495 e. The van der Waals surface area contributed by atoms with Crippen LogP contribution in [0.1, 0.15) is 50.9 Å². The zero-order chi connectivity index (χ0) is 17.0. The molecule has 23 heavy (non-hydrogen) atoms. The zero-order valence-corrected chi connectivity index (χ0v) is 14.4. The van der Waals surface area contributed by atoms with Gasteiger partial charge in [0.05, 0.1) is 11.2 Å². The van der Waals surface area contributed by atoms with Gasteiger partial charge in [0.15, 0.2) is 0 Å². The van der Waals surface area contributed by atoms with Gasteiger partial charge >= 0.3 is 7.12 Å². The Hall–Kier alpha value is -1.40. The molecule has 2 fully saturated rings. The highest BCUT2D eigenvalue weighted by molar-refractivity contribution is 6.63. The molecule has 1 aromatic rings. The summed E-state index contributed by atoms with van der Waals surface area (Å²) >= 11 is 0. The second-order valence-electron chi connectivity index (χ2n) is 7.47. The number of hydrogen-bond donors (Lipinski definition) is 0. The van der Waals surface area contributed by atoms with Gasteiger partial charge < -0.3 is 14.2 Å². The number of carbonyl (C=O) groups is 1. The summed E-state index contributed by atoms with van der Waals surface area (Å²) in [5, 5.41) is 0. The molecule has 1 aromatic carbocycles. The van der Waals surface area contributed by atoms with Crippen molar-refractivity contribution in [1.29, 1.82) is 0 Å². The van der Waals surface area contributed by atoms with Gasteiger partial charge in [-0.3, -0.25) is 4.79 Å². The van der Waals surface area contributed by atoms with Crippen molar-refractivity contribution in [2.45, 2.75) is 57.8 Å². The fourth-order valence-corrected chi connectivity index (χ4v) is 2.71. The average Bonchev–Trinajstić information content (AvgIpc) is 3.25. The second kappa shape index (κ2) is 5.31. The van der Waals surface area contributed by atoms with E-state index in [0.29, 0.717) is 11.0 Å². The molecule has 1 heterocycles. The first-order chi connectivity index (χ1) is 10.6. The van der Waals surface area contributed by atoms with E-state index in [-0.39, 0.29) is 11.9 Å². The summed E-state index contributed by atoms with van der Waals surface area (Å²) < 4.78 is 25.8. The van der Waals surface area contributed by atoms with Gasteiger partial charge in [0.1, 0.15) is 5.82 Å². The summed E-state index contributed by atoms with van der Waals surface area (Å²) in [6, 6.07) is 4.47. The molecule has 0 bridgehead atoms. The van der Waals surface area contributed by atoms with Gasteiger partial charge in [-0.25, -0.2) is 4.39 Å². The lowest BCUT2D eigenvalue weighted by Gasteiger charge is -2.32. The van der Waals surface area contributed by atoms with Crippen LogP contribution < -0.4 is 5.46 Å². The van der Waals surface area contributed by atoms with Crippen LogP contribution in [-0.4, -0.2) is 42.2 Å². The maximum Gasteiger partial charge on any atom is 0.495 e. The molecule has 2 aliphatic rings. The van der Waals surface area contributed by atoms with Crippen molar-refractivity contribution in [2.24, 2.45) is 0 Å². The Morgan fingerprint density at radius 3 is 2.30 bits per heavy atom. The summed E-state index contributed by atoms with van der Waals surface area (Å²) in [5.41, 5.74) is -0.107. The summed E-state index contributed by atoms with van der Waals surface area (Å²) in [5.74, 6) is -0.616. The number of nitrogens with zero attached hydrogens (tertiary/aromatic N) is 1. The molecule has 6 heteroatoms. The molecular formula is C17H23BFNO3. The fraction of sp³-hybridized carbons (Fsp3) is 0.588. The van der Waals surface area contributed by atoms with Gasteiger partial charge in [-0.05, 0) is 58.1 Å². The molecule has 0 unspecified atom stereocenters. The van der Waals surface area contributed by atoms with Gasteiger partial charge in [0.25, 0.3) is 5.91 Å². The molecule has 0 aromatic heterocycles. The second-order valence-corrected chi connectivity index (χ2v) is 7.47. The Morgan fingerprint density at radius 2 is 1.78 bits per heavy atom. The Bertz CT molecular complexity index is 627. The van der Waals surface area contributed by atoms with Crippen LogP contribution in [0.4, 0.5) is 4.39 Å². The minimum absolute atomic E-state index is 0.184. The first-order valence-electron chi connectivity index (χ1n) is 8.04. The molecular weight excluding hydrogens is 296 g/mol. The number of hydrogen-bond acceptors (Lipinski definition) is 3. The molecule has 124 valence electrons. The standard InChI is InChI=1S/C17H23BFNO3/c1-16(2)17(3,4)23-18(22-16)14-9-6-11(19)10-13(14)15(21)20(5)12-7-8-12/h6,9-10,12H,7-8H2,1-5H3. The summed E-state index contributed by atoms with van der Waals surface area (Å²) in [6.45, 7) is 7.81. The van der Waals surface area contributed by atoms with Gasteiger partial charge in [0, 0.05) is 18.7 Å². The zero-order valence-electron chi connectivity index (χ0n) is 14.4. The lowest BCUT2D eigenvalue weighted by atomic mass is 9.75. The molecule has 1 saturated carbocycles. The summed E-state index contributed by atoms with van der Waals surface area (Å²) in [4.78, 5) is 14.4. The van der Waals surface area contributed by atoms with Crippen molar-refractivity contribution in [3.63, 3.8) is 0 Å². The summed E-state index contributed by atoms with van der Waals surface area (Å²) in [7, 11) is 1.09. The van der Waals surface area contributed by atoms with E-state index in [1.54, 1.807) is 18.0 Å². The molecule has 1 saturated heterocycles. The molecule has 0 radical (unpaired) electrons. The van der Waals surface area contributed by atoms with E-state index in [0.717, 1.165) is 12.8 Å². The number of benzene rings is 1. The number of amides is 1. The first-order valence-corrected chi connectivity index (χ1v) is 8.04. The van der Waals surface area contributed by atoms with E-state index < -0.39 is 24.1 Å². The fourth-order valence-electron chi connectivity index (χ4n) is 2.71. The van der Waals surface area contributed by atoms with Crippen molar-refractivity contribution in [3.05, 3.63) is 29.6 Å². The van der Waals surface area contributed by atoms with Crippen molar-refractivity contribution in [2.75, 3.05) is 7.05 Å². The number of carbonyl (C=O) groups excluding carboxylic acids is 1. The molecule has 1 aliphatic heterocycles. The third-order valence-electron chi connectivity index (χ3n) is 5.17. The average molecular weight is 319 g/mol. The van der Waals surface area contributed by atoms with Gasteiger partial charge in [-0.2, -0.15) is 0 Å². The van der Waals surface area contributed by atoms with Crippen molar-refractivity contribution >= 4 is 18.5 Å². The minimum atomic E-state index is -0.674. The predicted octanol–water partition coefficient (Wildman–Crippen LogP) is 2.36. The molecule has 1 aliphatic carbocycles. The highest BCUT2D eigenvalue weighted by atomic mass is 19.1. The quantitative estimate of drug-likeness (QED) is 0.803. The SMILES string of the molecule is CN(C(=O)c1cc(F)ccc1B1OC(C)(C)C(C)(C)O1)C1CC1. The molecule has 4 nitrogen and oxygen atoms in total. The van der Waals surface area contributed by atoms with E-state index in [1.165, 1.54) is 12.1 Å². The molecule has 3 rings (SSSR count). The Morgan fingerprint density at radius 1 is 1.22 bits per heavy atom. The van der Waals surface area contributed by atoms with Crippen LogP contribution in [0.25, 0.3) is 0 Å². The van der Waals surface area contributed by atoms with Crippen LogP contribution >= 0.6 is 0 Å². The monoisotopic (exact) mass is 319 g/mol.